The summed E-state index contributed by atoms with van der Waals surface area (Å²) in [5.74, 6) is 3.02. The molecule has 0 saturated heterocycles. The molecule has 27 heavy (non-hydrogen) atoms. The van der Waals surface area contributed by atoms with Crippen LogP contribution in [0.3, 0.4) is 0 Å². The Bertz CT molecular complexity index is 775. The van der Waals surface area contributed by atoms with Gasteiger partial charge in [-0.3, -0.25) is 4.99 Å². The molecular formula is C21H29N3O3. The molecule has 0 amide bonds. The molecular weight excluding hydrogens is 342 g/mol. The van der Waals surface area contributed by atoms with Crippen LogP contribution >= 0.6 is 0 Å². The zero-order valence-corrected chi connectivity index (χ0v) is 16.8. The quantitative estimate of drug-likeness (QED) is 0.548. The lowest BCUT2D eigenvalue weighted by molar-refractivity contribution is 0.311. The SMILES string of the molecule is CCOc1cc(NC(=NC)NCCc2ccc(C)c(OC)c2)ccc1OC. The van der Waals surface area contributed by atoms with Gasteiger partial charge in [-0.25, -0.2) is 0 Å². The maximum absolute atomic E-state index is 5.62. The van der Waals surface area contributed by atoms with Crippen molar-refractivity contribution in [1.82, 2.24) is 5.32 Å². The Morgan fingerprint density at radius 3 is 2.44 bits per heavy atom. The fourth-order valence-corrected chi connectivity index (χ4v) is 2.68. The molecule has 6 nitrogen and oxygen atoms in total. The van der Waals surface area contributed by atoms with Crippen molar-refractivity contribution in [3.05, 3.63) is 47.5 Å². The van der Waals surface area contributed by atoms with Crippen molar-refractivity contribution in [3.63, 3.8) is 0 Å². The van der Waals surface area contributed by atoms with Crippen LogP contribution in [0, 0.1) is 6.92 Å². The van der Waals surface area contributed by atoms with Gasteiger partial charge in [-0.05, 0) is 49.6 Å². The van der Waals surface area contributed by atoms with E-state index in [2.05, 4.69) is 33.8 Å². The monoisotopic (exact) mass is 371 g/mol. The van der Waals surface area contributed by atoms with Gasteiger partial charge in [0, 0.05) is 25.3 Å². The number of anilines is 1. The molecule has 0 unspecified atom stereocenters. The van der Waals surface area contributed by atoms with Gasteiger partial charge in [-0.1, -0.05) is 12.1 Å². The van der Waals surface area contributed by atoms with Crippen molar-refractivity contribution in [1.29, 1.82) is 0 Å². The molecule has 0 spiro atoms. The molecule has 146 valence electrons. The van der Waals surface area contributed by atoms with E-state index in [1.54, 1.807) is 21.3 Å². The van der Waals surface area contributed by atoms with Crippen molar-refractivity contribution in [2.24, 2.45) is 4.99 Å². The smallest absolute Gasteiger partial charge is 0.195 e. The van der Waals surface area contributed by atoms with Crippen molar-refractivity contribution in [2.75, 3.05) is 39.7 Å². The number of benzene rings is 2. The molecule has 0 fully saturated rings. The van der Waals surface area contributed by atoms with Crippen molar-refractivity contribution >= 4 is 11.6 Å². The van der Waals surface area contributed by atoms with E-state index in [4.69, 9.17) is 14.2 Å². The van der Waals surface area contributed by atoms with Gasteiger partial charge in [0.05, 0.1) is 20.8 Å². The molecule has 0 heterocycles. The molecule has 0 aliphatic rings. The highest BCUT2D eigenvalue weighted by Crippen LogP contribution is 2.30. The highest BCUT2D eigenvalue weighted by atomic mass is 16.5. The van der Waals surface area contributed by atoms with Crippen molar-refractivity contribution < 1.29 is 14.2 Å². The summed E-state index contributed by atoms with van der Waals surface area (Å²) in [6.07, 6.45) is 0.865. The third-order valence-electron chi connectivity index (χ3n) is 4.13. The Labute approximate surface area is 161 Å². The maximum atomic E-state index is 5.62. The first-order chi connectivity index (χ1) is 13.1. The number of nitrogens with one attached hydrogen (secondary N) is 2. The Kier molecular flexibility index (Phi) is 7.79. The first-order valence-corrected chi connectivity index (χ1v) is 9.03. The van der Waals surface area contributed by atoms with Crippen LogP contribution in [0.5, 0.6) is 17.2 Å². The van der Waals surface area contributed by atoms with Gasteiger partial charge in [0.2, 0.25) is 0 Å². The zero-order chi connectivity index (χ0) is 19.6. The molecule has 2 aromatic rings. The third-order valence-corrected chi connectivity index (χ3v) is 4.13. The highest BCUT2D eigenvalue weighted by molar-refractivity contribution is 5.93. The van der Waals surface area contributed by atoms with Gasteiger partial charge in [0.1, 0.15) is 5.75 Å². The van der Waals surface area contributed by atoms with E-state index in [-0.39, 0.29) is 0 Å². The van der Waals surface area contributed by atoms with E-state index in [1.165, 1.54) is 5.56 Å². The average molecular weight is 371 g/mol. The van der Waals surface area contributed by atoms with Crippen molar-refractivity contribution in [2.45, 2.75) is 20.3 Å². The van der Waals surface area contributed by atoms with Gasteiger partial charge < -0.3 is 24.8 Å². The van der Waals surface area contributed by atoms with Gasteiger partial charge in [-0.15, -0.1) is 0 Å². The van der Waals surface area contributed by atoms with Crippen molar-refractivity contribution in [3.8, 4) is 17.2 Å². The summed E-state index contributed by atoms with van der Waals surface area (Å²) >= 11 is 0. The van der Waals surface area contributed by atoms with Crippen LogP contribution in [0.15, 0.2) is 41.4 Å². The summed E-state index contributed by atoms with van der Waals surface area (Å²) < 4.78 is 16.3. The normalized spacial score (nSPS) is 11.1. The summed E-state index contributed by atoms with van der Waals surface area (Å²) in [5.41, 5.74) is 3.23. The highest BCUT2D eigenvalue weighted by Gasteiger charge is 2.07. The summed E-state index contributed by atoms with van der Waals surface area (Å²) in [6, 6.07) is 12.0. The largest absolute Gasteiger partial charge is 0.496 e. The second kappa shape index (κ2) is 10.3. The molecule has 6 heteroatoms. The summed E-state index contributed by atoms with van der Waals surface area (Å²) in [7, 11) is 5.07. The standard InChI is InChI=1S/C21H29N3O3/c1-6-27-20-14-17(9-10-18(20)25-4)24-21(22-3)23-12-11-16-8-7-15(2)19(13-16)26-5/h7-10,13-14H,6,11-12H2,1-5H3,(H2,22,23,24). The lowest BCUT2D eigenvalue weighted by atomic mass is 10.1. The van der Waals surface area contributed by atoms with E-state index in [9.17, 15) is 0 Å². The maximum Gasteiger partial charge on any atom is 0.195 e. The summed E-state index contributed by atoms with van der Waals surface area (Å²) in [5, 5.41) is 6.60. The molecule has 2 rings (SSSR count). The van der Waals surface area contributed by atoms with Crippen LogP contribution in [0.1, 0.15) is 18.1 Å². The molecule has 0 saturated carbocycles. The molecule has 0 aromatic heterocycles. The number of aliphatic imine (C=N–C) groups is 1. The summed E-state index contributed by atoms with van der Waals surface area (Å²) in [4.78, 5) is 4.28. The van der Waals surface area contributed by atoms with Gasteiger partial charge in [0.15, 0.2) is 17.5 Å². The molecule has 0 aliphatic carbocycles. The minimum Gasteiger partial charge on any atom is -0.496 e. The van der Waals surface area contributed by atoms with Crippen LogP contribution in [-0.4, -0.2) is 40.4 Å². The predicted octanol–water partition coefficient (Wildman–Crippen LogP) is 3.64. The Morgan fingerprint density at radius 2 is 1.78 bits per heavy atom. The molecule has 0 aliphatic heterocycles. The summed E-state index contributed by atoms with van der Waals surface area (Å²) in [6.45, 7) is 5.31. The van der Waals surface area contributed by atoms with Crippen LogP contribution < -0.4 is 24.8 Å². The van der Waals surface area contributed by atoms with E-state index in [1.807, 2.05) is 32.0 Å². The van der Waals surface area contributed by atoms with Crippen LogP contribution in [-0.2, 0) is 6.42 Å². The topological polar surface area (TPSA) is 64.1 Å². The number of rotatable bonds is 8. The Balaban J connectivity index is 1.95. The van der Waals surface area contributed by atoms with Gasteiger partial charge in [-0.2, -0.15) is 0 Å². The number of guanidine groups is 1. The second-order valence-electron chi connectivity index (χ2n) is 5.98. The molecule has 2 N–H and O–H groups in total. The first-order valence-electron chi connectivity index (χ1n) is 9.03. The van der Waals surface area contributed by atoms with Crippen LogP contribution in [0.4, 0.5) is 5.69 Å². The number of nitrogens with zero attached hydrogens (tertiary/aromatic N) is 1. The minimum absolute atomic E-state index is 0.576. The fourth-order valence-electron chi connectivity index (χ4n) is 2.68. The van der Waals surface area contributed by atoms with Gasteiger partial charge >= 0.3 is 0 Å². The third kappa shape index (κ3) is 5.81. The predicted molar refractivity (Wildman–Crippen MR) is 111 cm³/mol. The number of hydrogen-bond acceptors (Lipinski definition) is 4. The minimum atomic E-state index is 0.576. The lowest BCUT2D eigenvalue weighted by Crippen LogP contribution is -2.32. The second-order valence-corrected chi connectivity index (χ2v) is 5.98. The van der Waals surface area contributed by atoms with E-state index in [0.29, 0.717) is 24.1 Å². The van der Waals surface area contributed by atoms with Crippen LogP contribution in [0.25, 0.3) is 0 Å². The number of ether oxygens (including phenoxy) is 3. The average Bonchev–Trinajstić information content (AvgIpc) is 2.69. The Morgan fingerprint density at radius 1 is 1.00 bits per heavy atom. The fraction of sp³-hybridized carbons (Fsp3) is 0.381. The number of aryl methyl sites for hydroxylation is 1. The first kappa shape index (κ1) is 20.4. The van der Waals surface area contributed by atoms with E-state index < -0.39 is 0 Å². The van der Waals surface area contributed by atoms with E-state index >= 15 is 0 Å². The molecule has 0 bridgehead atoms. The van der Waals surface area contributed by atoms with E-state index in [0.717, 1.165) is 30.0 Å². The number of methoxy groups -OCH3 is 2. The zero-order valence-electron chi connectivity index (χ0n) is 16.8. The number of hydrogen-bond donors (Lipinski definition) is 2. The molecule has 0 radical (unpaired) electrons. The molecule has 2 aromatic carbocycles. The Hall–Kier alpha value is -2.89. The molecule has 0 atom stereocenters. The van der Waals surface area contributed by atoms with Gasteiger partial charge in [0.25, 0.3) is 0 Å². The lowest BCUT2D eigenvalue weighted by Gasteiger charge is -2.15. The van der Waals surface area contributed by atoms with Crippen LogP contribution in [0.2, 0.25) is 0 Å².